The topological polar surface area (TPSA) is 83.5 Å². The highest BCUT2D eigenvalue weighted by Crippen LogP contribution is 2.29. The quantitative estimate of drug-likeness (QED) is 0.789. The average molecular weight is 277 g/mol. The van der Waals surface area contributed by atoms with Crippen LogP contribution in [0.15, 0.2) is 0 Å². The molecular weight excluding hydrogens is 254 g/mol. The molecule has 2 N–H and O–H groups in total. The minimum Gasteiger partial charge on any atom is -0.394 e. The first kappa shape index (κ1) is 15.4. The Hall–Kier alpha value is -0.620. The molecule has 0 spiro atoms. The van der Waals surface area contributed by atoms with E-state index in [4.69, 9.17) is 0 Å². The Morgan fingerprint density at radius 1 is 1.28 bits per heavy atom. The van der Waals surface area contributed by atoms with E-state index in [0.29, 0.717) is 12.8 Å². The van der Waals surface area contributed by atoms with Gasteiger partial charge >= 0.3 is 0 Å². The number of aliphatic hydroxyl groups excluding tert-OH is 1. The van der Waals surface area contributed by atoms with Crippen molar-refractivity contribution in [2.75, 3.05) is 12.9 Å². The second kappa shape index (κ2) is 5.17. The van der Waals surface area contributed by atoms with Crippen LogP contribution in [-0.4, -0.2) is 42.6 Å². The van der Waals surface area contributed by atoms with Crippen LogP contribution in [0.2, 0.25) is 0 Å². The van der Waals surface area contributed by atoms with Gasteiger partial charge in [0.1, 0.15) is 4.75 Å². The van der Waals surface area contributed by atoms with E-state index in [9.17, 15) is 18.3 Å². The summed E-state index contributed by atoms with van der Waals surface area (Å²) < 4.78 is 21.7. The molecule has 18 heavy (non-hydrogen) atoms. The van der Waals surface area contributed by atoms with E-state index in [2.05, 4.69) is 5.32 Å². The first-order valence-electron chi connectivity index (χ1n) is 6.28. The number of carbonyl (C=O) groups excluding carboxylic acids is 1. The molecule has 1 aliphatic rings. The van der Waals surface area contributed by atoms with Crippen molar-refractivity contribution < 1.29 is 18.3 Å². The highest BCUT2D eigenvalue weighted by molar-refractivity contribution is 7.92. The van der Waals surface area contributed by atoms with Gasteiger partial charge in [0.2, 0.25) is 5.91 Å². The third kappa shape index (κ3) is 3.03. The largest absolute Gasteiger partial charge is 0.394 e. The molecule has 0 radical (unpaired) electrons. The Bertz CT molecular complexity index is 408. The summed E-state index contributed by atoms with van der Waals surface area (Å²) in [7, 11) is -3.48. The van der Waals surface area contributed by atoms with Gasteiger partial charge in [0.25, 0.3) is 0 Å². The second-order valence-electron chi connectivity index (χ2n) is 5.74. The van der Waals surface area contributed by atoms with Crippen LogP contribution >= 0.6 is 0 Å². The van der Waals surface area contributed by atoms with Crippen molar-refractivity contribution in [1.82, 2.24) is 5.32 Å². The Kier molecular flexibility index (Phi) is 4.43. The van der Waals surface area contributed by atoms with Crippen LogP contribution in [0.4, 0.5) is 0 Å². The lowest BCUT2D eigenvalue weighted by molar-refractivity contribution is -0.126. The van der Waals surface area contributed by atoms with Crippen LogP contribution in [0.3, 0.4) is 0 Å². The molecule has 1 saturated carbocycles. The Labute approximate surface area is 109 Å². The number of carbonyl (C=O) groups is 1. The fourth-order valence-electron chi connectivity index (χ4n) is 2.11. The number of rotatable bonds is 4. The van der Waals surface area contributed by atoms with Gasteiger partial charge in [0.15, 0.2) is 9.84 Å². The van der Waals surface area contributed by atoms with Crippen LogP contribution in [0, 0.1) is 0 Å². The number of amides is 1. The summed E-state index contributed by atoms with van der Waals surface area (Å²) in [5.41, 5.74) is -0.642. The first-order valence-corrected chi connectivity index (χ1v) is 8.17. The van der Waals surface area contributed by atoms with E-state index >= 15 is 0 Å². The highest BCUT2D eigenvalue weighted by atomic mass is 32.2. The zero-order valence-electron chi connectivity index (χ0n) is 11.3. The average Bonchev–Trinajstić information content (AvgIpc) is 2.28. The van der Waals surface area contributed by atoms with E-state index in [-0.39, 0.29) is 6.61 Å². The van der Waals surface area contributed by atoms with E-state index in [1.165, 1.54) is 13.8 Å². The molecule has 5 nitrogen and oxygen atoms in total. The van der Waals surface area contributed by atoms with Gasteiger partial charge in [-0.05, 0) is 26.7 Å². The van der Waals surface area contributed by atoms with Crippen LogP contribution in [0.5, 0.6) is 0 Å². The molecule has 0 aliphatic heterocycles. The van der Waals surface area contributed by atoms with Gasteiger partial charge in [-0.15, -0.1) is 0 Å². The summed E-state index contributed by atoms with van der Waals surface area (Å²) in [5, 5.41) is 12.3. The first-order chi connectivity index (χ1) is 8.15. The minimum atomic E-state index is -3.48. The summed E-state index contributed by atoms with van der Waals surface area (Å²) >= 11 is 0. The van der Waals surface area contributed by atoms with Crippen LogP contribution in [-0.2, 0) is 14.6 Å². The maximum Gasteiger partial charge on any atom is 0.241 e. The van der Waals surface area contributed by atoms with Gasteiger partial charge in [-0.2, -0.15) is 0 Å². The van der Waals surface area contributed by atoms with E-state index < -0.39 is 26.0 Å². The third-order valence-corrected chi connectivity index (χ3v) is 6.01. The maximum atomic E-state index is 12.1. The molecule has 0 saturated heterocycles. The molecule has 0 heterocycles. The summed E-state index contributed by atoms with van der Waals surface area (Å²) in [5.74, 6) is -0.527. The molecule has 106 valence electrons. The van der Waals surface area contributed by atoms with E-state index in [1.807, 2.05) is 0 Å². The zero-order chi connectivity index (χ0) is 14.0. The Morgan fingerprint density at radius 2 is 1.78 bits per heavy atom. The number of hydrogen-bond donors (Lipinski definition) is 2. The predicted molar refractivity (Wildman–Crippen MR) is 70.0 cm³/mol. The van der Waals surface area contributed by atoms with Crippen molar-refractivity contribution in [3.8, 4) is 0 Å². The lowest BCUT2D eigenvalue weighted by Gasteiger charge is -2.38. The molecule has 1 rings (SSSR count). The van der Waals surface area contributed by atoms with Crippen LogP contribution in [0.25, 0.3) is 0 Å². The molecule has 0 aromatic rings. The van der Waals surface area contributed by atoms with Gasteiger partial charge in [-0.3, -0.25) is 4.79 Å². The molecule has 0 unspecified atom stereocenters. The molecule has 0 atom stereocenters. The van der Waals surface area contributed by atoms with Crippen molar-refractivity contribution in [2.45, 2.75) is 56.2 Å². The molecular formula is C12H23NO4S. The van der Waals surface area contributed by atoms with E-state index in [1.54, 1.807) is 0 Å². The molecule has 1 amide bonds. The third-order valence-electron chi connectivity index (χ3n) is 3.97. The SMILES string of the molecule is CC(C)(C(=O)NC1(CO)CCCCC1)S(C)(=O)=O. The molecule has 0 aromatic carbocycles. The second-order valence-corrected chi connectivity index (χ2v) is 8.30. The molecule has 1 fully saturated rings. The molecule has 1 aliphatic carbocycles. The van der Waals surface area contributed by atoms with Gasteiger partial charge in [-0.1, -0.05) is 19.3 Å². The summed E-state index contributed by atoms with van der Waals surface area (Å²) in [6.07, 6.45) is 5.44. The Balaban J connectivity index is 2.86. The zero-order valence-corrected chi connectivity index (χ0v) is 12.1. The summed E-state index contributed by atoms with van der Waals surface area (Å²) in [4.78, 5) is 12.1. The van der Waals surface area contributed by atoms with E-state index in [0.717, 1.165) is 25.5 Å². The number of sulfone groups is 1. The summed E-state index contributed by atoms with van der Waals surface area (Å²) in [6.45, 7) is 2.65. The van der Waals surface area contributed by atoms with Crippen molar-refractivity contribution in [2.24, 2.45) is 0 Å². The normalized spacial score (nSPS) is 20.4. The van der Waals surface area contributed by atoms with Gasteiger partial charge in [-0.25, -0.2) is 8.42 Å². The summed E-state index contributed by atoms with van der Waals surface area (Å²) in [6, 6.07) is 0. The monoisotopic (exact) mass is 277 g/mol. The lowest BCUT2D eigenvalue weighted by Crippen LogP contribution is -2.59. The van der Waals surface area contributed by atoms with Crippen molar-refractivity contribution in [3.63, 3.8) is 0 Å². The highest BCUT2D eigenvalue weighted by Gasteiger charge is 2.43. The van der Waals surface area contributed by atoms with Crippen molar-refractivity contribution >= 4 is 15.7 Å². The van der Waals surface area contributed by atoms with Crippen LogP contribution < -0.4 is 5.32 Å². The molecule has 0 bridgehead atoms. The minimum absolute atomic E-state index is 0.140. The van der Waals surface area contributed by atoms with Gasteiger partial charge < -0.3 is 10.4 Å². The Morgan fingerprint density at radius 3 is 2.17 bits per heavy atom. The van der Waals surface area contributed by atoms with Gasteiger partial charge in [0.05, 0.1) is 12.1 Å². The standard InChI is InChI=1S/C12H23NO4S/c1-11(2,18(3,16)17)10(15)13-12(9-14)7-5-4-6-8-12/h14H,4-9H2,1-3H3,(H,13,15). The fraction of sp³-hybridized carbons (Fsp3) is 0.917. The smallest absolute Gasteiger partial charge is 0.241 e. The van der Waals surface area contributed by atoms with Crippen molar-refractivity contribution in [3.05, 3.63) is 0 Å². The van der Waals surface area contributed by atoms with Crippen molar-refractivity contribution in [1.29, 1.82) is 0 Å². The lowest BCUT2D eigenvalue weighted by atomic mass is 9.82. The fourth-order valence-corrected chi connectivity index (χ4v) is 2.50. The number of nitrogens with one attached hydrogen (secondary N) is 1. The number of hydrogen-bond acceptors (Lipinski definition) is 4. The predicted octanol–water partition coefficient (Wildman–Crippen LogP) is 0.621. The van der Waals surface area contributed by atoms with Gasteiger partial charge in [0, 0.05) is 6.26 Å². The number of aliphatic hydroxyl groups is 1. The maximum absolute atomic E-state index is 12.1. The molecule has 0 aromatic heterocycles. The van der Waals surface area contributed by atoms with Crippen LogP contribution in [0.1, 0.15) is 46.0 Å². The molecule has 6 heteroatoms.